The SMILES string of the molecule is COc1cc(O)cc(-c2cc3ccc(O)cc3o2)c1CC=C(C)C. The molecule has 1 aromatic heterocycles. The third-order valence-electron chi connectivity index (χ3n) is 3.90. The number of phenols is 2. The summed E-state index contributed by atoms with van der Waals surface area (Å²) in [5, 5.41) is 20.5. The van der Waals surface area contributed by atoms with Gasteiger partial charge in [0.2, 0.25) is 0 Å². The smallest absolute Gasteiger partial charge is 0.138 e. The number of hydrogen-bond acceptors (Lipinski definition) is 4. The maximum atomic E-state index is 10.0. The molecule has 0 bridgehead atoms. The fraction of sp³-hybridized carbons (Fsp3) is 0.200. The summed E-state index contributed by atoms with van der Waals surface area (Å²) in [6, 6.07) is 10.2. The van der Waals surface area contributed by atoms with E-state index in [0.717, 1.165) is 16.5 Å². The number of aromatic hydroxyl groups is 2. The summed E-state index contributed by atoms with van der Waals surface area (Å²) in [6.07, 6.45) is 2.77. The highest BCUT2D eigenvalue weighted by atomic mass is 16.5. The van der Waals surface area contributed by atoms with Gasteiger partial charge in [-0.1, -0.05) is 11.6 Å². The Bertz CT molecular complexity index is 915. The quantitative estimate of drug-likeness (QED) is 0.661. The second kappa shape index (κ2) is 6.32. The van der Waals surface area contributed by atoms with Crippen LogP contribution in [0.25, 0.3) is 22.3 Å². The molecule has 0 saturated heterocycles. The van der Waals surface area contributed by atoms with Crippen LogP contribution in [0.1, 0.15) is 19.4 Å². The van der Waals surface area contributed by atoms with Gasteiger partial charge in [0, 0.05) is 28.6 Å². The van der Waals surface area contributed by atoms with Gasteiger partial charge in [-0.2, -0.15) is 0 Å². The van der Waals surface area contributed by atoms with Crippen molar-refractivity contribution >= 4 is 11.0 Å². The average Bonchev–Trinajstić information content (AvgIpc) is 2.95. The zero-order valence-corrected chi connectivity index (χ0v) is 14.0. The summed E-state index contributed by atoms with van der Waals surface area (Å²) in [6.45, 7) is 4.08. The number of ether oxygens (including phenoxy) is 1. The predicted molar refractivity (Wildman–Crippen MR) is 94.7 cm³/mol. The Balaban J connectivity index is 2.20. The Labute approximate surface area is 140 Å². The van der Waals surface area contributed by atoms with Crippen molar-refractivity contribution in [3.63, 3.8) is 0 Å². The van der Waals surface area contributed by atoms with E-state index in [1.807, 2.05) is 19.9 Å². The van der Waals surface area contributed by atoms with Crippen molar-refractivity contribution in [1.82, 2.24) is 0 Å². The summed E-state index contributed by atoms with van der Waals surface area (Å²) in [5.41, 5.74) is 3.52. The van der Waals surface area contributed by atoms with Crippen LogP contribution in [0.4, 0.5) is 0 Å². The molecule has 124 valence electrons. The van der Waals surface area contributed by atoms with Crippen molar-refractivity contribution in [1.29, 1.82) is 0 Å². The van der Waals surface area contributed by atoms with Crippen LogP contribution in [-0.2, 0) is 6.42 Å². The molecule has 1 heterocycles. The van der Waals surface area contributed by atoms with Crippen LogP contribution in [-0.4, -0.2) is 17.3 Å². The largest absolute Gasteiger partial charge is 0.508 e. The number of allylic oxidation sites excluding steroid dienone is 2. The van der Waals surface area contributed by atoms with Gasteiger partial charge in [0.1, 0.15) is 28.6 Å². The Morgan fingerprint density at radius 3 is 2.58 bits per heavy atom. The Hall–Kier alpha value is -2.88. The molecule has 2 N–H and O–H groups in total. The zero-order valence-electron chi connectivity index (χ0n) is 14.0. The first-order valence-electron chi connectivity index (χ1n) is 7.74. The molecule has 4 heteroatoms. The van der Waals surface area contributed by atoms with Gasteiger partial charge in [0.25, 0.3) is 0 Å². The highest BCUT2D eigenvalue weighted by Crippen LogP contribution is 2.38. The normalized spacial score (nSPS) is 10.8. The predicted octanol–water partition coefficient (Wildman–Crippen LogP) is 5.03. The van der Waals surface area contributed by atoms with Gasteiger partial charge >= 0.3 is 0 Å². The minimum absolute atomic E-state index is 0.117. The van der Waals surface area contributed by atoms with Gasteiger partial charge < -0.3 is 19.4 Å². The van der Waals surface area contributed by atoms with E-state index in [1.165, 1.54) is 5.57 Å². The summed E-state index contributed by atoms with van der Waals surface area (Å²) in [5.74, 6) is 1.51. The van der Waals surface area contributed by atoms with Gasteiger partial charge in [0.15, 0.2) is 0 Å². The molecule has 24 heavy (non-hydrogen) atoms. The van der Waals surface area contributed by atoms with Crippen LogP contribution in [0, 0.1) is 0 Å². The third-order valence-corrected chi connectivity index (χ3v) is 3.90. The van der Waals surface area contributed by atoms with Crippen LogP contribution in [0.3, 0.4) is 0 Å². The van der Waals surface area contributed by atoms with E-state index in [0.29, 0.717) is 23.5 Å². The fourth-order valence-electron chi connectivity index (χ4n) is 2.70. The van der Waals surface area contributed by atoms with Crippen molar-refractivity contribution in [2.24, 2.45) is 0 Å². The van der Waals surface area contributed by atoms with Crippen molar-refractivity contribution in [2.75, 3.05) is 7.11 Å². The zero-order chi connectivity index (χ0) is 17.3. The van der Waals surface area contributed by atoms with E-state index in [1.54, 1.807) is 37.4 Å². The molecule has 0 aliphatic carbocycles. The highest BCUT2D eigenvalue weighted by Gasteiger charge is 2.16. The monoisotopic (exact) mass is 324 g/mol. The summed E-state index contributed by atoms with van der Waals surface area (Å²) in [7, 11) is 1.58. The molecule has 0 unspecified atom stereocenters. The van der Waals surface area contributed by atoms with E-state index in [9.17, 15) is 10.2 Å². The van der Waals surface area contributed by atoms with Crippen molar-refractivity contribution in [3.05, 3.63) is 53.6 Å². The van der Waals surface area contributed by atoms with Crippen LogP contribution in [0.5, 0.6) is 17.2 Å². The second-order valence-electron chi connectivity index (χ2n) is 5.99. The first-order chi connectivity index (χ1) is 11.5. The van der Waals surface area contributed by atoms with Gasteiger partial charge in [-0.05, 0) is 44.5 Å². The number of hydrogen-bond donors (Lipinski definition) is 2. The number of rotatable bonds is 4. The summed E-state index contributed by atoms with van der Waals surface area (Å²) in [4.78, 5) is 0. The molecule has 0 amide bonds. The van der Waals surface area contributed by atoms with Crippen LogP contribution in [0.2, 0.25) is 0 Å². The second-order valence-corrected chi connectivity index (χ2v) is 5.99. The maximum absolute atomic E-state index is 10.0. The first kappa shape index (κ1) is 16.0. The van der Waals surface area contributed by atoms with Gasteiger partial charge in [0.05, 0.1) is 7.11 Å². The van der Waals surface area contributed by atoms with E-state index in [2.05, 4.69) is 6.08 Å². The lowest BCUT2D eigenvalue weighted by Gasteiger charge is -2.12. The third kappa shape index (κ3) is 3.08. The van der Waals surface area contributed by atoms with E-state index in [-0.39, 0.29) is 11.5 Å². The van der Waals surface area contributed by atoms with E-state index >= 15 is 0 Å². The standard InChI is InChI=1S/C20H20O4/c1-12(2)4-7-16-17(9-15(22)11-19(16)23-3)20-8-13-5-6-14(21)10-18(13)24-20/h4-6,8-11,21-22H,7H2,1-3H3. The average molecular weight is 324 g/mol. The Morgan fingerprint density at radius 2 is 1.88 bits per heavy atom. The summed E-state index contributed by atoms with van der Waals surface area (Å²) >= 11 is 0. The number of furan rings is 1. The maximum Gasteiger partial charge on any atom is 0.138 e. The summed E-state index contributed by atoms with van der Waals surface area (Å²) < 4.78 is 11.3. The van der Waals surface area contributed by atoms with Crippen LogP contribution in [0.15, 0.2) is 52.5 Å². The van der Waals surface area contributed by atoms with Gasteiger partial charge in [-0.25, -0.2) is 0 Å². The molecule has 2 aromatic carbocycles. The fourth-order valence-corrected chi connectivity index (χ4v) is 2.70. The Morgan fingerprint density at radius 1 is 1.08 bits per heavy atom. The topological polar surface area (TPSA) is 62.8 Å². The number of phenolic OH excluding ortho intramolecular Hbond substituents is 2. The lowest BCUT2D eigenvalue weighted by atomic mass is 9.99. The molecule has 0 atom stereocenters. The molecule has 0 aliphatic heterocycles. The molecule has 0 aliphatic rings. The molecular formula is C20H20O4. The minimum atomic E-state index is 0.117. The van der Waals surface area contributed by atoms with Gasteiger partial charge in [-0.15, -0.1) is 0 Å². The van der Waals surface area contributed by atoms with Crippen molar-refractivity contribution in [3.8, 4) is 28.6 Å². The Kier molecular flexibility index (Phi) is 4.21. The molecule has 0 fully saturated rings. The highest BCUT2D eigenvalue weighted by molar-refractivity contribution is 5.85. The molecule has 4 nitrogen and oxygen atoms in total. The number of fused-ring (bicyclic) bond motifs is 1. The van der Waals surface area contributed by atoms with Crippen LogP contribution >= 0.6 is 0 Å². The van der Waals surface area contributed by atoms with E-state index < -0.39 is 0 Å². The number of methoxy groups -OCH3 is 1. The molecule has 3 rings (SSSR count). The molecule has 0 spiro atoms. The lowest BCUT2D eigenvalue weighted by molar-refractivity contribution is 0.403. The molecule has 0 radical (unpaired) electrons. The molecule has 3 aromatic rings. The van der Waals surface area contributed by atoms with E-state index in [4.69, 9.17) is 9.15 Å². The molecule has 0 saturated carbocycles. The lowest BCUT2D eigenvalue weighted by Crippen LogP contribution is -1.95. The van der Waals surface area contributed by atoms with Crippen LogP contribution < -0.4 is 4.74 Å². The van der Waals surface area contributed by atoms with Gasteiger partial charge in [-0.3, -0.25) is 0 Å². The van der Waals surface area contributed by atoms with Crippen molar-refractivity contribution < 1.29 is 19.4 Å². The van der Waals surface area contributed by atoms with Crippen molar-refractivity contribution in [2.45, 2.75) is 20.3 Å². The first-order valence-corrected chi connectivity index (χ1v) is 7.74. The number of benzene rings is 2. The minimum Gasteiger partial charge on any atom is -0.508 e. The molecular weight excluding hydrogens is 304 g/mol.